The van der Waals surface area contributed by atoms with Gasteiger partial charge in [0.15, 0.2) is 0 Å². The summed E-state index contributed by atoms with van der Waals surface area (Å²) in [6.07, 6.45) is 0. The number of carbonyl (C=O) groups is 1. The monoisotopic (exact) mass is 267 g/mol. The summed E-state index contributed by atoms with van der Waals surface area (Å²) < 4.78 is 5.55. The predicted octanol–water partition coefficient (Wildman–Crippen LogP) is 1.47. The van der Waals surface area contributed by atoms with Gasteiger partial charge >= 0.3 is 5.97 Å². The van der Waals surface area contributed by atoms with Gasteiger partial charge in [-0.1, -0.05) is 0 Å². The Bertz CT molecular complexity index is 389. The van der Waals surface area contributed by atoms with Gasteiger partial charge in [0.2, 0.25) is 0 Å². The van der Waals surface area contributed by atoms with Crippen molar-refractivity contribution in [2.45, 2.75) is 19.9 Å². The fourth-order valence-electron chi connectivity index (χ4n) is 1.73. The lowest BCUT2D eigenvalue weighted by atomic mass is 10.2. The molecule has 0 aliphatic heterocycles. The number of hydrogen-bond acceptors (Lipinski definition) is 4. The summed E-state index contributed by atoms with van der Waals surface area (Å²) in [5, 5.41) is 17.7. The molecule has 0 unspecified atom stereocenters. The smallest absolute Gasteiger partial charge is 0.335 e. The van der Waals surface area contributed by atoms with Crippen molar-refractivity contribution >= 4 is 5.97 Å². The van der Waals surface area contributed by atoms with Gasteiger partial charge < -0.3 is 14.9 Å². The molecule has 0 atom stereocenters. The van der Waals surface area contributed by atoms with Crippen LogP contribution in [0.2, 0.25) is 0 Å². The Kier molecular flexibility index (Phi) is 6.32. The van der Waals surface area contributed by atoms with Crippen LogP contribution in [0.5, 0.6) is 5.75 Å². The summed E-state index contributed by atoms with van der Waals surface area (Å²) in [4.78, 5) is 12.8. The summed E-state index contributed by atoms with van der Waals surface area (Å²) >= 11 is 0. The van der Waals surface area contributed by atoms with E-state index in [4.69, 9.17) is 14.9 Å². The van der Waals surface area contributed by atoms with Crippen LogP contribution in [0.1, 0.15) is 24.2 Å². The largest absolute Gasteiger partial charge is 0.492 e. The third-order valence-corrected chi connectivity index (χ3v) is 2.87. The van der Waals surface area contributed by atoms with E-state index in [2.05, 4.69) is 18.7 Å². The van der Waals surface area contributed by atoms with Gasteiger partial charge in [0, 0.05) is 19.1 Å². The molecule has 0 heterocycles. The number of hydrogen-bond donors (Lipinski definition) is 2. The van der Waals surface area contributed by atoms with Gasteiger partial charge in [-0.05, 0) is 38.1 Å². The Morgan fingerprint density at radius 1 is 1.26 bits per heavy atom. The van der Waals surface area contributed by atoms with E-state index in [0.717, 1.165) is 6.54 Å². The Morgan fingerprint density at radius 2 is 1.89 bits per heavy atom. The van der Waals surface area contributed by atoms with Crippen molar-refractivity contribution < 1.29 is 19.7 Å². The third kappa shape index (κ3) is 5.28. The third-order valence-electron chi connectivity index (χ3n) is 2.87. The first-order chi connectivity index (χ1) is 9.04. The predicted molar refractivity (Wildman–Crippen MR) is 72.7 cm³/mol. The molecule has 0 bridgehead atoms. The summed E-state index contributed by atoms with van der Waals surface area (Å²) in [5.74, 6) is -0.293. The highest BCUT2D eigenvalue weighted by molar-refractivity contribution is 5.87. The molecule has 106 valence electrons. The van der Waals surface area contributed by atoms with Crippen molar-refractivity contribution in [3.63, 3.8) is 0 Å². The van der Waals surface area contributed by atoms with Crippen molar-refractivity contribution in [1.29, 1.82) is 0 Å². The molecule has 0 aromatic heterocycles. The number of benzene rings is 1. The number of nitrogens with zero attached hydrogens (tertiary/aromatic N) is 1. The van der Waals surface area contributed by atoms with Gasteiger partial charge in [-0.15, -0.1) is 0 Å². The molecule has 1 rings (SSSR count). The Hall–Kier alpha value is -1.59. The van der Waals surface area contributed by atoms with Crippen LogP contribution in [0.15, 0.2) is 24.3 Å². The summed E-state index contributed by atoms with van der Waals surface area (Å²) in [6, 6.07) is 6.69. The van der Waals surface area contributed by atoms with Crippen molar-refractivity contribution in [2.75, 3.05) is 26.3 Å². The molecule has 5 nitrogen and oxygen atoms in total. The number of carboxylic acids is 1. The molecule has 0 spiro atoms. The second-order valence-corrected chi connectivity index (χ2v) is 4.53. The van der Waals surface area contributed by atoms with Crippen molar-refractivity contribution in [3.8, 4) is 5.75 Å². The molecule has 0 saturated heterocycles. The van der Waals surface area contributed by atoms with Crippen LogP contribution in [0.3, 0.4) is 0 Å². The van der Waals surface area contributed by atoms with E-state index < -0.39 is 5.97 Å². The van der Waals surface area contributed by atoms with Crippen LogP contribution in [-0.2, 0) is 0 Å². The molecule has 0 aliphatic rings. The van der Waals surface area contributed by atoms with Crippen molar-refractivity contribution in [3.05, 3.63) is 29.8 Å². The minimum absolute atomic E-state index is 0.130. The van der Waals surface area contributed by atoms with Crippen LogP contribution in [0.25, 0.3) is 0 Å². The van der Waals surface area contributed by atoms with E-state index in [9.17, 15) is 4.79 Å². The second kappa shape index (κ2) is 7.76. The molecule has 1 aromatic rings. The number of aliphatic hydroxyl groups is 1. The van der Waals surface area contributed by atoms with Crippen molar-refractivity contribution in [2.24, 2.45) is 0 Å². The molecule has 2 N–H and O–H groups in total. The summed E-state index contributed by atoms with van der Waals surface area (Å²) in [5.41, 5.74) is 0.247. The maximum Gasteiger partial charge on any atom is 0.335 e. The quantitative estimate of drug-likeness (QED) is 0.746. The summed E-state index contributed by atoms with van der Waals surface area (Å²) in [7, 11) is 0. The summed E-state index contributed by atoms with van der Waals surface area (Å²) in [6.45, 7) is 6.11. The number of aliphatic hydroxyl groups excluding tert-OH is 1. The first-order valence-corrected chi connectivity index (χ1v) is 6.35. The average molecular weight is 267 g/mol. The van der Waals surface area contributed by atoms with Crippen LogP contribution in [0.4, 0.5) is 0 Å². The molecule has 0 amide bonds. The minimum atomic E-state index is -0.944. The van der Waals surface area contributed by atoms with Crippen LogP contribution >= 0.6 is 0 Å². The molecule has 1 aromatic carbocycles. The molecule has 0 fully saturated rings. The molecule has 0 aliphatic carbocycles. The van der Waals surface area contributed by atoms with Gasteiger partial charge in [0.25, 0.3) is 0 Å². The van der Waals surface area contributed by atoms with Crippen LogP contribution < -0.4 is 4.74 Å². The fraction of sp³-hybridized carbons (Fsp3) is 0.500. The molecule has 19 heavy (non-hydrogen) atoms. The lowest BCUT2D eigenvalue weighted by Gasteiger charge is -2.25. The number of ether oxygens (including phenoxy) is 1. The molecule has 0 radical (unpaired) electrons. The van der Waals surface area contributed by atoms with E-state index in [0.29, 0.717) is 24.9 Å². The highest BCUT2D eigenvalue weighted by atomic mass is 16.5. The standard InChI is InChI=1S/C14H21NO4/c1-11(2)15(7-9-16)8-10-19-13-5-3-12(4-6-13)14(17)18/h3-6,11,16H,7-10H2,1-2H3,(H,17,18). The molecular formula is C14H21NO4. The Labute approximate surface area is 113 Å². The molecule has 0 saturated carbocycles. The number of rotatable bonds is 8. The maximum atomic E-state index is 10.7. The molecule has 5 heteroatoms. The highest BCUT2D eigenvalue weighted by Gasteiger charge is 2.08. The first-order valence-electron chi connectivity index (χ1n) is 6.35. The zero-order chi connectivity index (χ0) is 14.3. The van der Waals surface area contributed by atoms with Gasteiger partial charge in [0.05, 0.1) is 12.2 Å². The lowest BCUT2D eigenvalue weighted by Crippen LogP contribution is -2.36. The van der Waals surface area contributed by atoms with E-state index in [1.165, 1.54) is 12.1 Å². The van der Waals surface area contributed by atoms with E-state index in [-0.39, 0.29) is 12.2 Å². The molecular weight excluding hydrogens is 246 g/mol. The number of aromatic carboxylic acids is 1. The van der Waals surface area contributed by atoms with Crippen LogP contribution in [-0.4, -0.2) is 53.4 Å². The van der Waals surface area contributed by atoms with Gasteiger partial charge in [-0.2, -0.15) is 0 Å². The van der Waals surface area contributed by atoms with Crippen molar-refractivity contribution in [1.82, 2.24) is 4.90 Å². The Balaban J connectivity index is 2.41. The number of carboxylic acid groups (broad SMARTS) is 1. The minimum Gasteiger partial charge on any atom is -0.492 e. The van der Waals surface area contributed by atoms with Crippen LogP contribution in [0, 0.1) is 0 Å². The normalized spacial score (nSPS) is 11.0. The first kappa shape index (κ1) is 15.5. The van der Waals surface area contributed by atoms with E-state index >= 15 is 0 Å². The zero-order valence-electron chi connectivity index (χ0n) is 11.4. The van der Waals surface area contributed by atoms with Gasteiger partial charge in [-0.3, -0.25) is 4.90 Å². The topological polar surface area (TPSA) is 70.0 Å². The zero-order valence-corrected chi connectivity index (χ0v) is 11.4. The van der Waals surface area contributed by atoms with Gasteiger partial charge in [0.1, 0.15) is 12.4 Å². The average Bonchev–Trinajstić information content (AvgIpc) is 2.38. The SMILES string of the molecule is CC(C)N(CCO)CCOc1ccc(C(=O)O)cc1. The van der Waals surface area contributed by atoms with E-state index in [1.54, 1.807) is 12.1 Å². The van der Waals surface area contributed by atoms with E-state index in [1.807, 2.05) is 0 Å². The second-order valence-electron chi connectivity index (χ2n) is 4.53. The maximum absolute atomic E-state index is 10.7. The highest BCUT2D eigenvalue weighted by Crippen LogP contribution is 2.12. The lowest BCUT2D eigenvalue weighted by molar-refractivity contribution is 0.0697. The Morgan fingerprint density at radius 3 is 2.37 bits per heavy atom. The fourth-order valence-corrected chi connectivity index (χ4v) is 1.73. The van der Waals surface area contributed by atoms with Gasteiger partial charge in [-0.25, -0.2) is 4.79 Å².